The molecule has 2 aromatic heterocycles. The van der Waals surface area contributed by atoms with Gasteiger partial charge in [0.15, 0.2) is 0 Å². The third-order valence-electron chi connectivity index (χ3n) is 6.85. The number of anilines is 1. The summed E-state index contributed by atoms with van der Waals surface area (Å²) in [6.45, 7) is 5.59. The second-order valence-electron chi connectivity index (χ2n) is 9.58. The number of rotatable bonds is 7. The number of amides is 2. The van der Waals surface area contributed by atoms with E-state index in [-0.39, 0.29) is 30.4 Å². The second-order valence-corrected chi connectivity index (χ2v) is 9.98. The first-order chi connectivity index (χ1) is 17.8. The van der Waals surface area contributed by atoms with Crippen molar-refractivity contribution in [3.05, 3.63) is 58.0 Å². The summed E-state index contributed by atoms with van der Waals surface area (Å²) in [6, 6.07) is 7.50. The zero-order valence-corrected chi connectivity index (χ0v) is 21.9. The number of nitrogens with zero attached hydrogens (tertiary/aromatic N) is 5. The van der Waals surface area contributed by atoms with Crippen LogP contribution in [0, 0.1) is 6.92 Å². The van der Waals surface area contributed by atoms with Crippen molar-refractivity contribution in [2.24, 2.45) is 7.05 Å². The topological polar surface area (TPSA) is 114 Å². The van der Waals surface area contributed by atoms with E-state index in [9.17, 15) is 9.59 Å². The lowest BCUT2D eigenvalue weighted by Crippen LogP contribution is -2.38. The van der Waals surface area contributed by atoms with E-state index in [1.165, 1.54) is 0 Å². The molecule has 2 N–H and O–H groups in total. The molecule has 5 rings (SSSR count). The Bertz CT molecular complexity index is 1320. The van der Waals surface area contributed by atoms with E-state index >= 15 is 0 Å². The van der Waals surface area contributed by atoms with Crippen molar-refractivity contribution in [2.45, 2.75) is 45.3 Å². The van der Waals surface area contributed by atoms with Crippen LogP contribution in [0.4, 0.5) is 5.95 Å². The number of fused-ring (bicyclic) bond motifs is 1. The number of aromatic nitrogens is 4. The summed E-state index contributed by atoms with van der Waals surface area (Å²) in [6.07, 6.45) is 3.35. The number of benzene rings is 1. The number of aryl methyl sites for hydroxylation is 2. The number of halogens is 1. The predicted octanol–water partition coefficient (Wildman–Crippen LogP) is 3.26. The van der Waals surface area contributed by atoms with Crippen LogP contribution in [-0.4, -0.2) is 62.3 Å². The van der Waals surface area contributed by atoms with Crippen LogP contribution >= 0.6 is 11.6 Å². The van der Waals surface area contributed by atoms with E-state index in [4.69, 9.17) is 16.3 Å². The first kappa shape index (κ1) is 25.2. The number of hydrogen-bond acceptors (Lipinski definition) is 7. The zero-order valence-electron chi connectivity index (χ0n) is 21.1. The molecular weight excluding hydrogens is 494 g/mol. The summed E-state index contributed by atoms with van der Waals surface area (Å²) in [5, 5.41) is 11.1. The number of carbonyl (C=O) groups excluding carboxylic acids is 2. The highest BCUT2D eigenvalue weighted by Gasteiger charge is 2.30. The van der Waals surface area contributed by atoms with Crippen LogP contribution in [0.5, 0.6) is 0 Å². The van der Waals surface area contributed by atoms with E-state index in [0.29, 0.717) is 42.0 Å². The summed E-state index contributed by atoms with van der Waals surface area (Å²) in [5.41, 5.74) is 4.47. The molecule has 0 spiro atoms. The molecule has 1 fully saturated rings. The molecule has 194 valence electrons. The maximum absolute atomic E-state index is 13.2. The summed E-state index contributed by atoms with van der Waals surface area (Å²) < 4.78 is 7.18. The Labute approximate surface area is 220 Å². The van der Waals surface area contributed by atoms with Gasteiger partial charge in [-0.05, 0) is 44.4 Å². The minimum absolute atomic E-state index is 0.0353. The largest absolute Gasteiger partial charge is 0.381 e. The van der Waals surface area contributed by atoms with Crippen molar-refractivity contribution in [2.75, 3.05) is 25.1 Å². The third kappa shape index (κ3) is 5.45. The summed E-state index contributed by atoms with van der Waals surface area (Å²) in [5.74, 6) is 0.0626. The normalized spacial score (nSPS) is 16.5. The van der Waals surface area contributed by atoms with Gasteiger partial charge < -0.3 is 20.3 Å². The van der Waals surface area contributed by atoms with Crippen LogP contribution in [0.25, 0.3) is 11.3 Å². The van der Waals surface area contributed by atoms with Crippen molar-refractivity contribution in [3.8, 4) is 11.3 Å². The molecule has 0 aliphatic carbocycles. The standard InChI is InChI=1S/C26H30ClN7O3/c1-15-10-22(32-33(15)3)16(2)29-23(35)14-34-13-18-5-4-17(11-20(18)25(34)36)24-21(27)12-28-26(31-24)30-19-6-8-37-9-7-19/h4-5,10-12,16,19H,6-9,13-14H2,1-3H3,(H,29,35)(H,28,30,31). The Morgan fingerprint density at radius 3 is 2.78 bits per heavy atom. The van der Waals surface area contributed by atoms with Crippen LogP contribution in [0.15, 0.2) is 30.5 Å². The number of hydrogen-bond donors (Lipinski definition) is 2. The molecule has 1 saturated heterocycles. The fourth-order valence-electron chi connectivity index (χ4n) is 4.63. The van der Waals surface area contributed by atoms with Gasteiger partial charge in [0.05, 0.1) is 28.6 Å². The Kier molecular flexibility index (Phi) is 7.12. The molecule has 0 saturated carbocycles. The zero-order chi connectivity index (χ0) is 26.1. The Hall–Kier alpha value is -3.50. The van der Waals surface area contributed by atoms with E-state index in [0.717, 1.165) is 35.4 Å². The summed E-state index contributed by atoms with van der Waals surface area (Å²) >= 11 is 6.44. The molecule has 0 radical (unpaired) electrons. The smallest absolute Gasteiger partial charge is 0.254 e. The lowest BCUT2D eigenvalue weighted by atomic mass is 10.0. The van der Waals surface area contributed by atoms with Gasteiger partial charge >= 0.3 is 0 Å². The minimum Gasteiger partial charge on any atom is -0.381 e. The van der Waals surface area contributed by atoms with E-state index in [1.54, 1.807) is 21.8 Å². The molecule has 1 unspecified atom stereocenters. The number of ether oxygens (including phenoxy) is 1. The van der Waals surface area contributed by atoms with Crippen molar-refractivity contribution < 1.29 is 14.3 Å². The molecule has 0 bridgehead atoms. The molecule has 2 aliphatic heterocycles. The third-order valence-corrected chi connectivity index (χ3v) is 7.13. The van der Waals surface area contributed by atoms with Crippen LogP contribution in [0.3, 0.4) is 0 Å². The van der Waals surface area contributed by atoms with Gasteiger partial charge in [0.1, 0.15) is 6.54 Å². The van der Waals surface area contributed by atoms with Crippen molar-refractivity contribution in [3.63, 3.8) is 0 Å². The van der Waals surface area contributed by atoms with Gasteiger partial charge in [-0.3, -0.25) is 14.3 Å². The van der Waals surface area contributed by atoms with Crippen molar-refractivity contribution >= 4 is 29.4 Å². The van der Waals surface area contributed by atoms with Crippen molar-refractivity contribution in [1.82, 2.24) is 30.0 Å². The molecule has 11 heteroatoms. The molecule has 3 aromatic rings. The first-order valence-electron chi connectivity index (χ1n) is 12.4. The summed E-state index contributed by atoms with van der Waals surface area (Å²) in [7, 11) is 1.86. The molecule has 10 nitrogen and oxygen atoms in total. The fraction of sp³-hybridized carbons (Fsp3) is 0.423. The highest BCUT2D eigenvalue weighted by Crippen LogP contribution is 2.31. The highest BCUT2D eigenvalue weighted by molar-refractivity contribution is 6.33. The van der Waals surface area contributed by atoms with Crippen molar-refractivity contribution in [1.29, 1.82) is 0 Å². The van der Waals surface area contributed by atoms with Crippen LogP contribution < -0.4 is 10.6 Å². The lowest BCUT2D eigenvalue weighted by Gasteiger charge is -2.23. The summed E-state index contributed by atoms with van der Waals surface area (Å²) in [4.78, 5) is 36.4. The fourth-order valence-corrected chi connectivity index (χ4v) is 4.83. The van der Waals surface area contributed by atoms with Gasteiger partial charge in [0.25, 0.3) is 5.91 Å². The average molecular weight is 524 g/mol. The molecule has 1 atom stereocenters. The highest BCUT2D eigenvalue weighted by atomic mass is 35.5. The van der Waals surface area contributed by atoms with Gasteiger partial charge in [-0.25, -0.2) is 9.97 Å². The van der Waals surface area contributed by atoms with Gasteiger partial charge in [-0.2, -0.15) is 5.10 Å². The average Bonchev–Trinajstić information content (AvgIpc) is 3.38. The maximum Gasteiger partial charge on any atom is 0.254 e. The maximum atomic E-state index is 13.2. The first-order valence-corrected chi connectivity index (χ1v) is 12.8. The van der Waals surface area contributed by atoms with E-state index < -0.39 is 0 Å². The molecule has 2 aliphatic rings. The Morgan fingerprint density at radius 2 is 2.05 bits per heavy atom. The lowest BCUT2D eigenvalue weighted by molar-refractivity contribution is -0.122. The molecule has 37 heavy (non-hydrogen) atoms. The van der Waals surface area contributed by atoms with Crippen LogP contribution in [-0.2, 0) is 23.1 Å². The monoisotopic (exact) mass is 523 g/mol. The van der Waals surface area contributed by atoms with Gasteiger partial charge in [0.2, 0.25) is 11.9 Å². The molecule has 4 heterocycles. The van der Waals surface area contributed by atoms with E-state index in [1.807, 2.05) is 39.1 Å². The van der Waals surface area contributed by atoms with E-state index in [2.05, 4.69) is 25.7 Å². The molecular formula is C26H30ClN7O3. The number of nitrogens with one attached hydrogen (secondary N) is 2. The Morgan fingerprint density at radius 1 is 1.27 bits per heavy atom. The second kappa shape index (κ2) is 10.5. The molecule has 2 amide bonds. The quantitative estimate of drug-likeness (QED) is 0.488. The van der Waals surface area contributed by atoms with Gasteiger partial charge in [-0.15, -0.1) is 0 Å². The predicted molar refractivity (Wildman–Crippen MR) is 139 cm³/mol. The van der Waals surface area contributed by atoms with Gasteiger partial charge in [0, 0.05) is 49.7 Å². The van der Waals surface area contributed by atoms with Gasteiger partial charge in [-0.1, -0.05) is 23.7 Å². The SMILES string of the molecule is Cc1cc(C(C)NC(=O)CN2Cc3ccc(-c4nc(NC5CCOCC5)ncc4Cl)cc3C2=O)nn1C. The van der Waals surface area contributed by atoms with Crippen LogP contribution in [0.1, 0.15) is 53.1 Å². The molecule has 1 aromatic carbocycles. The number of carbonyl (C=O) groups is 2. The minimum atomic E-state index is -0.261. The Balaban J connectivity index is 1.27. The van der Waals surface area contributed by atoms with Crippen LogP contribution in [0.2, 0.25) is 5.02 Å².